The van der Waals surface area contributed by atoms with Crippen LogP contribution in [-0.4, -0.2) is 29.7 Å². The first-order chi connectivity index (χ1) is 9.06. The van der Waals surface area contributed by atoms with Gasteiger partial charge in [0, 0.05) is 12.6 Å². The molecule has 3 nitrogen and oxygen atoms in total. The molecule has 0 saturated heterocycles. The number of carbonyl (C=O) groups excluding carboxylic acids is 2. The number of hydrogen-bond acceptors (Lipinski definition) is 3. The molecular weight excluding hydrogens is 272 g/mol. The van der Waals surface area contributed by atoms with E-state index in [1.807, 2.05) is 6.92 Å². The van der Waals surface area contributed by atoms with E-state index in [1.165, 1.54) is 4.90 Å². The Balaban J connectivity index is 2.23. The molecule has 0 bridgehead atoms. The molecule has 0 radical (unpaired) electrons. The zero-order valence-corrected chi connectivity index (χ0v) is 11.2. The van der Waals surface area contributed by atoms with Gasteiger partial charge in [0.15, 0.2) is 0 Å². The predicted molar refractivity (Wildman–Crippen MR) is 70.7 cm³/mol. The number of ketones is 1. The number of hydrogen-bond donors (Lipinski definition) is 0. The van der Waals surface area contributed by atoms with E-state index >= 15 is 0 Å². The summed E-state index contributed by atoms with van der Waals surface area (Å²) in [4.78, 5) is 24.6. The third-order valence-electron chi connectivity index (χ3n) is 2.87. The molecule has 0 atom stereocenters. The molecule has 0 saturated carbocycles. The molecule has 2 rings (SSSR count). The van der Waals surface area contributed by atoms with Crippen molar-refractivity contribution >= 4 is 29.1 Å². The fraction of sp³-hybridized carbons (Fsp3) is 0.385. The quantitative estimate of drug-likeness (QED) is 0.616. The third-order valence-corrected chi connectivity index (χ3v) is 3.85. The molecule has 0 N–H and O–H groups in total. The number of Topliss-reactive ketones (excluding diaryl/α,β-unsaturated/α-hetero) is 1. The maximum absolute atomic E-state index is 13.5. The summed E-state index contributed by atoms with van der Waals surface area (Å²) in [6.07, 6.45) is 0.676. The number of rotatable bonds is 5. The maximum atomic E-state index is 13.5. The third kappa shape index (κ3) is 2.63. The molecule has 19 heavy (non-hydrogen) atoms. The minimum absolute atomic E-state index is 0.0500. The molecule has 0 spiro atoms. The number of fused-ring (bicyclic) bond motifs is 1. The minimum atomic E-state index is -0.973. The average Bonchev–Trinajstić information content (AvgIpc) is 2.59. The van der Waals surface area contributed by atoms with Crippen molar-refractivity contribution in [3.05, 3.63) is 29.3 Å². The van der Waals surface area contributed by atoms with Crippen LogP contribution in [0.5, 0.6) is 0 Å². The van der Waals surface area contributed by atoms with Gasteiger partial charge < -0.3 is 4.90 Å². The number of benzene rings is 1. The van der Waals surface area contributed by atoms with Crippen LogP contribution in [0.4, 0.5) is 14.5 Å². The van der Waals surface area contributed by atoms with Crippen LogP contribution in [0.1, 0.15) is 23.7 Å². The van der Waals surface area contributed by atoms with Crippen molar-refractivity contribution in [2.75, 3.05) is 23.0 Å². The van der Waals surface area contributed by atoms with Crippen molar-refractivity contribution in [1.82, 2.24) is 0 Å². The molecule has 1 amide bonds. The summed E-state index contributed by atoms with van der Waals surface area (Å²) in [6, 6.07) is 1.66. The number of thioether (sulfide) groups is 1. The first kappa shape index (κ1) is 14.0. The molecule has 1 heterocycles. The van der Waals surface area contributed by atoms with Gasteiger partial charge >= 0.3 is 0 Å². The summed E-state index contributed by atoms with van der Waals surface area (Å²) in [5.74, 6) is -1.63. The van der Waals surface area contributed by atoms with Crippen molar-refractivity contribution in [3.63, 3.8) is 0 Å². The SMILES string of the molecule is CCSCCCN1C(=O)C(=O)c2c(F)cc(F)cc21. The summed E-state index contributed by atoms with van der Waals surface area (Å²) >= 11 is 1.71. The standard InChI is InChI=1S/C13H13F2NO2S/c1-2-19-5-3-4-16-10-7-8(14)6-9(15)11(10)12(17)13(16)18/h6-7H,2-5H2,1H3. The molecule has 1 aromatic rings. The van der Waals surface area contributed by atoms with Crippen molar-refractivity contribution in [3.8, 4) is 0 Å². The number of nitrogens with zero attached hydrogens (tertiary/aromatic N) is 1. The minimum Gasteiger partial charge on any atom is -0.305 e. The monoisotopic (exact) mass is 285 g/mol. The second kappa shape index (κ2) is 5.69. The van der Waals surface area contributed by atoms with Gasteiger partial charge in [-0.2, -0.15) is 11.8 Å². The van der Waals surface area contributed by atoms with E-state index in [1.54, 1.807) is 11.8 Å². The van der Waals surface area contributed by atoms with E-state index in [0.717, 1.165) is 17.6 Å². The number of halogens is 2. The fourth-order valence-corrected chi connectivity index (χ4v) is 2.65. The Morgan fingerprint density at radius 2 is 2.00 bits per heavy atom. The maximum Gasteiger partial charge on any atom is 0.299 e. The average molecular weight is 285 g/mol. The van der Waals surface area contributed by atoms with E-state index in [-0.39, 0.29) is 11.3 Å². The summed E-state index contributed by atoms with van der Waals surface area (Å²) < 4.78 is 26.7. The van der Waals surface area contributed by atoms with Crippen molar-refractivity contribution in [2.45, 2.75) is 13.3 Å². The van der Waals surface area contributed by atoms with E-state index < -0.39 is 23.3 Å². The Hall–Kier alpha value is -1.43. The topological polar surface area (TPSA) is 37.4 Å². The Kier molecular flexibility index (Phi) is 4.19. The number of carbonyl (C=O) groups is 2. The van der Waals surface area contributed by atoms with E-state index in [2.05, 4.69) is 0 Å². The smallest absolute Gasteiger partial charge is 0.299 e. The van der Waals surface area contributed by atoms with Crippen LogP contribution in [0.15, 0.2) is 12.1 Å². The van der Waals surface area contributed by atoms with Crippen LogP contribution >= 0.6 is 11.8 Å². The molecule has 1 aromatic carbocycles. The van der Waals surface area contributed by atoms with Crippen LogP contribution in [0.2, 0.25) is 0 Å². The molecule has 102 valence electrons. The van der Waals surface area contributed by atoms with Crippen molar-refractivity contribution in [2.24, 2.45) is 0 Å². The molecule has 0 aliphatic carbocycles. The zero-order chi connectivity index (χ0) is 14.0. The highest BCUT2D eigenvalue weighted by molar-refractivity contribution is 7.99. The van der Waals surface area contributed by atoms with E-state index in [0.29, 0.717) is 19.0 Å². The lowest BCUT2D eigenvalue weighted by Crippen LogP contribution is -2.31. The molecule has 0 fully saturated rings. The van der Waals surface area contributed by atoms with Crippen LogP contribution in [0, 0.1) is 11.6 Å². The molecule has 0 unspecified atom stereocenters. The molecule has 6 heteroatoms. The first-order valence-electron chi connectivity index (χ1n) is 5.99. The highest BCUT2D eigenvalue weighted by Gasteiger charge is 2.38. The van der Waals surface area contributed by atoms with Gasteiger partial charge in [0.05, 0.1) is 11.3 Å². The van der Waals surface area contributed by atoms with Gasteiger partial charge in [0.2, 0.25) is 0 Å². The summed E-state index contributed by atoms with van der Waals surface area (Å²) in [5, 5.41) is 0. The lowest BCUT2D eigenvalue weighted by Gasteiger charge is -2.16. The number of anilines is 1. The van der Waals surface area contributed by atoms with Crippen molar-refractivity contribution < 1.29 is 18.4 Å². The number of amides is 1. The normalized spacial score (nSPS) is 14.2. The Labute approximate surface area is 114 Å². The first-order valence-corrected chi connectivity index (χ1v) is 7.14. The summed E-state index contributed by atoms with van der Waals surface area (Å²) in [5.41, 5.74) is -0.261. The highest BCUT2D eigenvalue weighted by Crippen LogP contribution is 2.32. The van der Waals surface area contributed by atoms with Gasteiger partial charge in [-0.15, -0.1) is 0 Å². The predicted octanol–water partition coefficient (Wildman–Crippen LogP) is 2.64. The highest BCUT2D eigenvalue weighted by atomic mass is 32.2. The molecule has 1 aliphatic rings. The molecular formula is C13H13F2NO2S. The van der Waals surface area contributed by atoms with Crippen LogP contribution < -0.4 is 4.90 Å². The largest absolute Gasteiger partial charge is 0.305 e. The van der Waals surface area contributed by atoms with Gasteiger partial charge in [-0.3, -0.25) is 9.59 Å². The van der Waals surface area contributed by atoms with Gasteiger partial charge in [0.1, 0.15) is 11.6 Å². The van der Waals surface area contributed by atoms with Crippen LogP contribution in [-0.2, 0) is 4.79 Å². The summed E-state index contributed by atoms with van der Waals surface area (Å²) in [6.45, 7) is 2.32. The second-order valence-corrected chi connectivity index (χ2v) is 5.51. The van der Waals surface area contributed by atoms with Crippen molar-refractivity contribution in [1.29, 1.82) is 0 Å². The Morgan fingerprint density at radius 1 is 1.26 bits per heavy atom. The van der Waals surface area contributed by atoms with E-state index in [9.17, 15) is 18.4 Å². The Morgan fingerprint density at radius 3 is 2.68 bits per heavy atom. The molecule has 1 aliphatic heterocycles. The van der Waals surface area contributed by atoms with Crippen LogP contribution in [0.3, 0.4) is 0 Å². The summed E-state index contributed by atoms with van der Waals surface area (Å²) in [7, 11) is 0. The zero-order valence-electron chi connectivity index (χ0n) is 10.4. The van der Waals surface area contributed by atoms with E-state index in [4.69, 9.17) is 0 Å². The van der Waals surface area contributed by atoms with Gasteiger partial charge in [0.25, 0.3) is 11.7 Å². The van der Waals surface area contributed by atoms with Crippen LogP contribution in [0.25, 0.3) is 0 Å². The lowest BCUT2D eigenvalue weighted by molar-refractivity contribution is -0.114. The van der Waals surface area contributed by atoms with Gasteiger partial charge in [-0.25, -0.2) is 8.78 Å². The van der Waals surface area contributed by atoms with Gasteiger partial charge in [-0.1, -0.05) is 6.92 Å². The van der Waals surface area contributed by atoms with Gasteiger partial charge in [-0.05, 0) is 24.0 Å². The second-order valence-electron chi connectivity index (χ2n) is 4.12. The fourth-order valence-electron chi connectivity index (χ4n) is 2.03. The molecule has 0 aromatic heterocycles. The Bertz CT molecular complexity index is 534. The lowest BCUT2D eigenvalue weighted by atomic mass is 10.1.